The lowest BCUT2D eigenvalue weighted by molar-refractivity contribution is 0.0772. The summed E-state index contributed by atoms with van der Waals surface area (Å²) in [6.07, 6.45) is 6.44. The molecule has 29 heavy (non-hydrogen) atoms. The molecule has 3 aliphatic heterocycles. The molecule has 0 aliphatic carbocycles. The normalized spacial score (nSPS) is 25.7. The Kier molecular flexibility index (Phi) is 6.30. The van der Waals surface area contributed by atoms with E-state index in [2.05, 4.69) is 9.80 Å². The van der Waals surface area contributed by atoms with E-state index in [-0.39, 0.29) is 11.3 Å². The van der Waals surface area contributed by atoms with E-state index < -0.39 is 0 Å². The van der Waals surface area contributed by atoms with Crippen LogP contribution in [0.4, 0.5) is 0 Å². The van der Waals surface area contributed by atoms with Crippen molar-refractivity contribution >= 4 is 5.91 Å². The lowest BCUT2D eigenvalue weighted by atomic mass is 9.86. The molecular weight excluding hydrogens is 366 g/mol. The minimum Gasteiger partial charge on any atom is -0.493 e. The van der Waals surface area contributed by atoms with Crippen molar-refractivity contribution < 1.29 is 14.3 Å². The van der Waals surface area contributed by atoms with E-state index in [1.807, 2.05) is 17.0 Å². The van der Waals surface area contributed by atoms with Crippen molar-refractivity contribution in [3.63, 3.8) is 0 Å². The van der Waals surface area contributed by atoms with Crippen LogP contribution in [0.5, 0.6) is 11.5 Å². The summed E-state index contributed by atoms with van der Waals surface area (Å²) < 4.78 is 10.7. The third-order valence-electron chi connectivity index (χ3n) is 7.05. The van der Waals surface area contributed by atoms with Crippen molar-refractivity contribution in [2.75, 3.05) is 66.6 Å². The second kappa shape index (κ2) is 8.92. The van der Waals surface area contributed by atoms with Gasteiger partial charge in [-0.2, -0.15) is 0 Å². The van der Waals surface area contributed by atoms with Gasteiger partial charge in [0.2, 0.25) is 0 Å². The molecule has 3 fully saturated rings. The van der Waals surface area contributed by atoms with Gasteiger partial charge in [0.05, 0.1) is 14.2 Å². The Morgan fingerprint density at radius 1 is 0.897 bits per heavy atom. The maximum Gasteiger partial charge on any atom is 0.254 e. The van der Waals surface area contributed by atoms with Crippen molar-refractivity contribution in [1.82, 2.24) is 14.7 Å². The third kappa shape index (κ3) is 4.53. The summed E-state index contributed by atoms with van der Waals surface area (Å²) in [6, 6.07) is 5.45. The maximum atomic E-state index is 13.1. The number of hydrogen-bond acceptors (Lipinski definition) is 5. The molecule has 3 heterocycles. The molecule has 160 valence electrons. The van der Waals surface area contributed by atoms with E-state index in [4.69, 9.17) is 9.47 Å². The number of amides is 1. The molecule has 0 radical (unpaired) electrons. The molecule has 0 bridgehead atoms. The second-order valence-corrected chi connectivity index (χ2v) is 8.97. The van der Waals surface area contributed by atoms with Crippen LogP contribution >= 0.6 is 0 Å². The fourth-order valence-corrected chi connectivity index (χ4v) is 5.28. The van der Waals surface area contributed by atoms with Crippen LogP contribution in [-0.4, -0.2) is 87.2 Å². The van der Waals surface area contributed by atoms with E-state index in [1.165, 1.54) is 58.4 Å². The first-order valence-corrected chi connectivity index (χ1v) is 11.1. The number of piperidine rings is 1. The minimum atomic E-state index is 0.106. The molecule has 1 spiro atoms. The monoisotopic (exact) mass is 401 g/mol. The van der Waals surface area contributed by atoms with Gasteiger partial charge in [-0.25, -0.2) is 0 Å². The summed E-state index contributed by atoms with van der Waals surface area (Å²) >= 11 is 0. The number of ether oxygens (including phenoxy) is 2. The molecule has 6 nitrogen and oxygen atoms in total. The predicted molar refractivity (Wildman–Crippen MR) is 114 cm³/mol. The Morgan fingerprint density at radius 2 is 1.62 bits per heavy atom. The highest BCUT2D eigenvalue weighted by Gasteiger charge is 2.44. The van der Waals surface area contributed by atoms with Crippen LogP contribution in [0.3, 0.4) is 0 Å². The molecule has 4 rings (SSSR count). The highest BCUT2D eigenvalue weighted by Crippen LogP contribution is 2.40. The highest BCUT2D eigenvalue weighted by atomic mass is 16.5. The minimum absolute atomic E-state index is 0.106. The van der Waals surface area contributed by atoms with Gasteiger partial charge in [-0.05, 0) is 63.5 Å². The van der Waals surface area contributed by atoms with Crippen LogP contribution in [-0.2, 0) is 0 Å². The van der Waals surface area contributed by atoms with Gasteiger partial charge in [0.1, 0.15) is 0 Å². The molecule has 1 amide bonds. The van der Waals surface area contributed by atoms with Crippen LogP contribution in [0.25, 0.3) is 0 Å². The first-order chi connectivity index (χ1) is 14.1. The molecule has 6 heteroatoms. The first-order valence-electron chi connectivity index (χ1n) is 11.1. The van der Waals surface area contributed by atoms with Crippen LogP contribution in [0, 0.1) is 5.41 Å². The molecule has 1 aromatic carbocycles. The molecule has 3 aliphatic rings. The molecule has 1 unspecified atom stereocenters. The van der Waals surface area contributed by atoms with E-state index in [9.17, 15) is 4.79 Å². The summed E-state index contributed by atoms with van der Waals surface area (Å²) in [5.74, 6) is 1.37. The van der Waals surface area contributed by atoms with Gasteiger partial charge in [0.25, 0.3) is 5.91 Å². The Balaban J connectivity index is 1.32. The number of hydrogen-bond donors (Lipinski definition) is 0. The van der Waals surface area contributed by atoms with E-state index in [0.717, 1.165) is 26.1 Å². The SMILES string of the molecule is COc1ccc(C(=O)N2CCC3(CCN(CCN4CCCCC4)C3)C2)cc1OC. The van der Waals surface area contributed by atoms with Gasteiger partial charge in [0, 0.05) is 43.7 Å². The van der Waals surface area contributed by atoms with Crippen molar-refractivity contribution in [2.45, 2.75) is 32.1 Å². The fourth-order valence-electron chi connectivity index (χ4n) is 5.28. The molecule has 1 atom stereocenters. The Bertz CT molecular complexity index is 719. The Labute approximate surface area is 174 Å². The highest BCUT2D eigenvalue weighted by molar-refractivity contribution is 5.95. The molecular formula is C23H35N3O3. The summed E-state index contributed by atoms with van der Waals surface area (Å²) in [5.41, 5.74) is 0.966. The second-order valence-electron chi connectivity index (χ2n) is 8.97. The number of carbonyl (C=O) groups excluding carboxylic acids is 1. The average Bonchev–Trinajstić information content (AvgIpc) is 3.38. The van der Waals surface area contributed by atoms with Gasteiger partial charge in [-0.3, -0.25) is 4.79 Å². The summed E-state index contributed by atoms with van der Waals surface area (Å²) in [7, 11) is 3.22. The number of methoxy groups -OCH3 is 2. The first kappa shape index (κ1) is 20.5. The topological polar surface area (TPSA) is 45.2 Å². The van der Waals surface area contributed by atoms with E-state index >= 15 is 0 Å². The fraction of sp³-hybridized carbons (Fsp3) is 0.696. The van der Waals surface area contributed by atoms with Crippen LogP contribution in [0.1, 0.15) is 42.5 Å². The Morgan fingerprint density at radius 3 is 2.38 bits per heavy atom. The molecule has 1 aromatic rings. The summed E-state index contributed by atoms with van der Waals surface area (Å²) in [4.78, 5) is 20.4. The predicted octanol–water partition coefficient (Wildman–Crippen LogP) is 2.73. The van der Waals surface area contributed by atoms with Gasteiger partial charge in [-0.15, -0.1) is 0 Å². The number of likely N-dealkylation sites (tertiary alicyclic amines) is 3. The summed E-state index contributed by atoms with van der Waals surface area (Å²) in [6.45, 7) is 8.95. The number of benzene rings is 1. The van der Waals surface area contributed by atoms with Crippen molar-refractivity contribution in [2.24, 2.45) is 5.41 Å². The van der Waals surface area contributed by atoms with Crippen LogP contribution < -0.4 is 9.47 Å². The molecule has 0 aromatic heterocycles. The molecule has 0 saturated carbocycles. The standard InChI is InChI=1S/C23H35N3O3/c1-28-20-7-6-19(16-21(20)29-2)22(27)26-13-9-23(18-26)8-12-25(17-23)15-14-24-10-4-3-5-11-24/h6-7,16H,3-5,8-15,17-18H2,1-2H3. The average molecular weight is 402 g/mol. The Hall–Kier alpha value is -1.79. The summed E-state index contributed by atoms with van der Waals surface area (Å²) in [5, 5.41) is 0. The van der Waals surface area contributed by atoms with Gasteiger partial charge < -0.3 is 24.2 Å². The largest absolute Gasteiger partial charge is 0.493 e. The lowest BCUT2D eigenvalue weighted by Gasteiger charge is -2.29. The smallest absolute Gasteiger partial charge is 0.254 e. The maximum absolute atomic E-state index is 13.1. The van der Waals surface area contributed by atoms with Gasteiger partial charge >= 0.3 is 0 Å². The zero-order chi connectivity index (χ0) is 20.3. The zero-order valence-electron chi connectivity index (χ0n) is 18.0. The number of rotatable bonds is 6. The van der Waals surface area contributed by atoms with Crippen LogP contribution in [0.15, 0.2) is 18.2 Å². The zero-order valence-corrected chi connectivity index (χ0v) is 18.0. The van der Waals surface area contributed by atoms with Crippen molar-refractivity contribution in [3.8, 4) is 11.5 Å². The van der Waals surface area contributed by atoms with E-state index in [1.54, 1.807) is 20.3 Å². The quantitative estimate of drug-likeness (QED) is 0.733. The van der Waals surface area contributed by atoms with Gasteiger partial charge in [0.15, 0.2) is 11.5 Å². The van der Waals surface area contributed by atoms with Crippen molar-refractivity contribution in [3.05, 3.63) is 23.8 Å². The number of nitrogens with zero attached hydrogens (tertiary/aromatic N) is 3. The number of carbonyl (C=O) groups is 1. The van der Waals surface area contributed by atoms with Crippen molar-refractivity contribution in [1.29, 1.82) is 0 Å². The molecule has 0 N–H and O–H groups in total. The third-order valence-corrected chi connectivity index (χ3v) is 7.05. The van der Waals surface area contributed by atoms with E-state index in [0.29, 0.717) is 17.1 Å². The van der Waals surface area contributed by atoms with Gasteiger partial charge in [-0.1, -0.05) is 6.42 Å². The van der Waals surface area contributed by atoms with Crippen LogP contribution in [0.2, 0.25) is 0 Å². The lowest BCUT2D eigenvalue weighted by Crippen LogP contribution is -2.38. The molecule has 3 saturated heterocycles.